The van der Waals surface area contributed by atoms with Gasteiger partial charge in [0.25, 0.3) is 0 Å². The predicted octanol–water partition coefficient (Wildman–Crippen LogP) is 7.13. The van der Waals surface area contributed by atoms with Crippen molar-refractivity contribution >= 4 is 46.5 Å². The van der Waals surface area contributed by atoms with Crippen molar-refractivity contribution in [3.63, 3.8) is 0 Å². The van der Waals surface area contributed by atoms with E-state index in [9.17, 15) is 0 Å². The van der Waals surface area contributed by atoms with E-state index in [0.29, 0.717) is 17.9 Å². The lowest BCUT2D eigenvalue weighted by Gasteiger charge is -2.24. The third-order valence-corrected chi connectivity index (χ3v) is 8.30. The highest BCUT2D eigenvalue weighted by molar-refractivity contribution is 9.10. The number of ether oxygens (including phenoxy) is 1. The number of fused-ring (bicyclic) bond motifs is 1. The van der Waals surface area contributed by atoms with Crippen molar-refractivity contribution in [2.45, 2.75) is 70.6 Å². The quantitative estimate of drug-likeness (QED) is 0.193. The summed E-state index contributed by atoms with van der Waals surface area (Å²) in [7, 11) is -1.10. The Morgan fingerprint density at radius 2 is 1.93 bits per heavy atom. The zero-order valence-corrected chi connectivity index (χ0v) is 21.3. The Balaban J connectivity index is 1.62. The second-order valence-corrected chi connectivity index (χ2v) is 16.3. The summed E-state index contributed by atoms with van der Waals surface area (Å²) >= 11 is 10.1. The lowest BCUT2D eigenvalue weighted by Crippen LogP contribution is -2.22. The summed E-state index contributed by atoms with van der Waals surface area (Å²) in [5.41, 5.74) is 3.22. The van der Waals surface area contributed by atoms with Crippen LogP contribution in [-0.2, 0) is 11.5 Å². The first-order valence-electron chi connectivity index (χ1n) is 10.8. The molecule has 8 heteroatoms. The van der Waals surface area contributed by atoms with Crippen LogP contribution in [0.25, 0.3) is 22.0 Å². The van der Waals surface area contributed by atoms with Gasteiger partial charge in [0.2, 0.25) is 0 Å². The van der Waals surface area contributed by atoms with E-state index < -0.39 is 8.07 Å². The molecule has 0 saturated heterocycles. The van der Waals surface area contributed by atoms with Crippen LogP contribution in [0.15, 0.2) is 29.3 Å². The number of pyridine rings is 1. The van der Waals surface area contributed by atoms with Crippen LogP contribution in [0.2, 0.25) is 30.8 Å². The first-order valence-corrected chi connectivity index (χ1v) is 15.7. The summed E-state index contributed by atoms with van der Waals surface area (Å²) < 4.78 is 10.9. The van der Waals surface area contributed by atoms with Crippen LogP contribution in [0.1, 0.15) is 38.1 Å². The smallest absolute Gasteiger partial charge is 0.159 e. The van der Waals surface area contributed by atoms with Gasteiger partial charge >= 0.3 is 0 Å². The molecule has 3 aromatic heterocycles. The Hall–Kier alpha value is -1.15. The van der Waals surface area contributed by atoms with Gasteiger partial charge < -0.3 is 9.30 Å². The van der Waals surface area contributed by atoms with Gasteiger partial charge in [-0.3, -0.25) is 0 Å². The molecule has 162 valence electrons. The minimum absolute atomic E-state index is 0.427. The summed E-state index contributed by atoms with van der Waals surface area (Å²) in [5, 5.41) is 6.17. The number of halogens is 2. The number of aromatic nitrogens is 4. The predicted molar refractivity (Wildman–Crippen MR) is 130 cm³/mol. The van der Waals surface area contributed by atoms with Crippen LogP contribution in [0.4, 0.5) is 0 Å². The Morgan fingerprint density at radius 1 is 1.17 bits per heavy atom. The molecule has 0 bridgehead atoms. The molecule has 0 aliphatic heterocycles. The first kappa shape index (κ1) is 22.1. The van der Waals surface area contributed by atoms with Crippen molar-refractivity contribution in [1.82, 2.24) is 19.3 Å². The van der Waals surface area contributed by atoms with Gasteiger partial charge in [-0.05, 0) is 40.9 Å². The van der Waals surface area contributed by atoms with E-state index in [1.807, 2.05) is 17.1 Å². The molecule has 3 aromatic rings. The molecule has 0 unspecified atom stereocenters. The molecule has 0 spiro atoms. The fourth-order valence-electron chi connectivity index (χ4n) is 4.18. The van der Waals surface area contributed by atoms with E-state index in [1.54, 1.807) is 0 Å². The normalized spacial score (nSPS) is 15.9. The molecular formula is C22H30BrClN4OSi. The van der Waals surface area contributed by atoms with Crippen LogP contribution in [0.5, 0.6) is 0 Å². The summed E-state index contributed by atoms with van der Waals surface area (Å²) in [6.07, 6.45) is 12.6. The highest BCUT2D eigenvalue weighted by atomic mass is 79.9. The number of nitrogens with zero attached hydrogens (tertiary/aromatic N) is 4. The van der Waals surface area contributed by atoms with Crippen molar-refractivity contribution in [2.75, 3.05) is 6.61 Å². The molecule has 1 aliphatic carbocycles. The fraction of sp³-hybridized carbons (Fsp3) is 0.545. The standard InChI is InChI=1S/C22H30BrClN4OSi/c1-30(2,3)10-9-29-15-27-13-19(22(24)26-27)18-14-28(16-7-5-4-6-8-16)20-12-25-21(23)11-17(18)20/h11-14,16H,4-10,15H2,1-3H3. The van der Waals surface area contributed by atoms with E-state index in [-0.39, 0.29) is 0 Å². The SMILES string of the molecule is C[Si](C)(C)CCOCn1cc(-c2cn(C3CCCCC3)c3cnc(Br)cc23)c(Cl)n1. The molecule has 30 heavy (non-hydrogen) atoms. The zero-order valence-electron chi connectivity index (χ0n) is 18.0. The topological polar surface area (TPSA) is 44.9 Å². The average Bonchev–Trinajstić information content (AvgIpc) is 3.25. The largest absolute Gasteiger partial charge is 0.360 e. The molecule has 0 atom stereocenters. The van der Waals surface area contributed by atoms with Crippen LogP contribution in [-0.4, -0.2) is 34.0 Å². The van der Waals surface area contributed by atoms with Gasteiger partial charge in [0.15, 0.2) is 5.15 Å². The van der Waals surface area contributed by atoms with Crippen LogP contribution < -0.4 is 0 Å². The first-order chi connectivity index (χ1) is 14.3. The van der Waals surface area contributed by atoms with E-state index in [2.05, 4.69) is 62.5 Å². The van der Waals surface area contributed by atoms with Crippen molar-refractivity contribution in [1.29, 1.82) is 0 Å². The number of hydrogen-bond acceptors (Lipinski definition) is 3. The molecule has 5 nitrogen and oxygen atoms in total. The Labute approximate surface area is 192 Å². The van der Waals surface area contributed by atoms with Crippen LogP contribution in [0, 0.1) is 0 Å². The van der Waals surface area contributed by atoms with Crippen molar-refractivity contribution in [3.05, 3.63) is 34.4 Å². The molecule has 4 rings (SSSR count). The maximum Gasteiger partial charge on any atom is 0.159 e. The number of rotatable bonds is 7. The van der Waals surface area contributed by atoms with Gasteiger partial charge in [-0.2, -0.15) is 5.10 Å². The van der Waals surface area contributed by atoms with Gasteiger partial charge in [-0.15, -0.1) is 0 Å². The molecule has 1 fully saturated rings. The minimum atomic E-state index is -1.10. The average molecular weight is 510 g/mol. The summed E-state index contributed by atoms with van der Waals surface area (Å²) in [4.78, 5) is 4.49. The third kappa shape index (κ3) is 5.01. The highest BCUT2D eigenvalue weighted by Gasteiger charge is 2.22. The van der Waals surface area contributed by atoms with E-state index in [1.165, 1.54) is 32.1 Å². The number of hydrogen-bond donors (Lipinski definition) is 0. The van der Waals surface area contributed by atoms with E-state index >= 15 is 0 Å². The summed E-state index contributed by atoms with van der Waals surface area (Å²) in [6, 6.07) is 3.75. The van der Waals surface area contributed by atoms with Gasteiger partial charge in [-0.25, -0.2) is 9.67 Å². The van der Waals surface area contributed by atoms with Gasteiger partial charge in [0.1, 0.15) is 11.3 Å². The zero-order chi connectivity index (χ0) is 21.3. The second kappa shape index (κ2) is 9.15. The molecule has 1 saturated carbocycles. The minimum Gasteiger partial charge on any atom is -0.360 e. The van der Waals surface area contributed by atoms with Crippen molar-refractivity contribution in [3.8, 4) is 11.1 Å². The monoisotopic (exact) mass is 508 g/mol. The molecule has 0 amide bonds. The molecule has 0 radical (unpaired) electrons. The maximum atomic E-state index is 6.58. The Kier molecular flexibility index (Phi) is 6.72. The molecule has 1 aliphatic rings. The van der Waals surface area contributed by atoms with Crippen LogP contribution in [0.3, 0.4) is 0 Å². The summed E-state index contributed by atoms with van der Waals surface area (Å²) in [6.45, 7) is 8.26. The van der Waals surface area contributed by atoms with E-state index in [4.69, 9.17) is 16.3 Å². The van der Waals surface area contributed by atoms with Gasteiger partial charge in [0, 0.05) is 49.6 Å². The van der Waals surface area contributed by atoms with Crippen molar-refractivity contribution < 1.29 is 4.74 Å². The third-order valence-electron chi connectivity index (χ3n) is 5.88. The molecule has 0 N–H and O–H groups in total. The lowest BCUT2D eigenvalue weighted by molar-refractivity contribution is 0.0786. The molecule has 0 aromatic carbocycles. The van der Waals surface area contributed by atoms with E-state index in [0.717, 1.165) is 39.3 Å². The fourth-order valence-corrected chi connectivity index (χ4v) is 5.51. The molecule has 3 heterocycles. The Bertz CT molecular complexity index is 1020. The summed E-state index contributed by atoms with van der Waals surface area (Å²) in [5.74, 6) is 0. The molecular weight excluding hydrogens is 480 g/mol. The van der Waals surface area contributed by atoms with Crippen molar-refractivity contribution in [2.24, 2.45) is 0 Å². The highest BCUT2D eigenvalue weighted by Crippen LogP contribution is 2.39. The lowest BCUT2D eigenvalue weighted by atomic mass is 9.95. The second-order valence-electron chi connectivity index (χ2n) is 9.49. The Morgan fingerprint density at radius 3 is 2.67 bits per heavy atom. The van der Waals surface area contributed by atoms with Gasteiger partial charge in [-0.1, -0.05) is 50.5 Å². The van der Waals surface area contributed by atoms with Gasteiger partial charge in [0.05, 0.1) is 11.7 Å². The maximum absolute atomic E-state index is 6.58. The van der Waals surface area contributed by atoms with Crippen LogP contribution >= 0.6 is 27.5 Å².